The molecule has 0 aliphatic heterocycles. The van der Waals surface area contributed by atoms with Crippen molar-refractivity contribution in [2.75, 3.05) is 5.73 Å². The molecule has 2 aromatic heterocycles. The maximum Gasteiger partial charge on any atom is 0.153 e. The molecule has 0 radical (unpaired) electrons. The molecule has 3 aromatic rings. The minimum absolute atomic E-state index is 0.535. The van der Waals surface area contributed by atoms with Crippen LogP contribution in [0.5, 0.6) is 0 Å². The first-order valence-corrected chi connectivity index (χ1v) is 7.84. The van der Waals surface area contributed by atoms with Crippen LogP contribution in [0.25, 0.3) is 21.7 Å². The summed E-state index contributed by atoms with van der Waals surface area (Å²) >= 11 is 5.15. The smallest absolute Gasteiger partial charge is 0.153 e. The second kappa shape index (κ2) is 5.07. The fourth-order valence-electron chi connectivity index (χ4n) is 2.17. The molecule has 0 aliphatic rings. The maximum atomic E-state index is 6.06. The lowest BCUT2D eigenvalue weighted by Gasteiger charge is -2.06. The van der Waals surface area contributed by atoms with E-state index in [4.69, 9.17) is 5.73 Å². The zero-order chi connectivity index (χ0) is 14.3. The summed E-state index contributed by atoms with van der Waals surface area (Å²) in [5.41, 5.74) is 11.6. The second-order valence-electron chi connectivity index (χ2n) is 4.76. The molecule has 0 aliphatic carbocycles. The van der Waals surface area contributed by atoms with Crippen LogP contribution in [0.15, 0.2) is 34.1 Å². The molecule has 3 N–H and O–H groups in total. The van der Waals surface area contributed by atoms with E-state index in [1.807, 2.05) is 6.07 Å². The van der Waals surface area contributed by atoms with Crippen molar-refractivity contribution in [1.29, 1.82) is 0 Å². The highest BCUT2D eigenvalue weighted by molar-refractivity contribution is 9.11. The number of nitrogens with one attached hydrogen (secondary N) is 1. The van der Waals surface area contributed by atoms with E-state index in [2.05, 4.69) is 64.2 Å². The molecule has 2 heterocycles. The van der Waals surface area contributed by atoms with Crippen LogP contribution in [0.2, 0.25) is 0 Å². The predicted molar refractivity (Wildman–Crippen MR) is 88.9 cm³/mol. The second-order valence-corrected chi connectivity index (χ2v) is 7.22. The standard InChI is InChI=1S/C15H14BrN3S/c1-8-3-4-10(7-9(8)2)13-14(18-19-15(13)17)11-5-6-12(16)20-11/h3-7H,1-2H3,(H3,17,18,19). The lowest BCUT2D eigenvalue weighted by atomic mass is 10.00. The number of nitrogens with zero attached hydrogens (tertiary/aromatic N) is 1. The minimum Gasteiger partial charge on any atom is -0.382 e. The number of aromatic amines is 1. The number of hydrogen-bond acceptors (Lipinski definition) is 3. The Morgan fingerprint density at radius 3 is 2.60 bits per heavy atom. The highest BCUT2D eigenvalue weighted by atomic mass is 79.9. The van der Waals surface area contributed by atoms with Gasteiger partial charge < -0.3 is 5.73 Å². The number of rotatable bonds is 2. The number of hydrogen-bond donors (Lipinski definition) is 2. The van der Waals surface area contributed by atoms with Crippen molar-refractivity contribution in [3.63, 3.8) is 0 Å². The van der Waals surface area contributed by atoms with E-state index in [9.17, 15) is 0 Å². The van der Waals surface area contributed by atoms with Crippen molar-refractivity contribution in [2.45, 2.75) is 13.8 Å². The van der Waals surface area contributed by atoms with Crippen LogP contribution in [-0.2, 0) is 0 Å². The Balaban J connectivity index is 2.18. The molecule has 1 aromatic carbocycles. The average molecular weight is 348 g/mol. The number of thiophene rings is 1. The largest absolute Gasteiger partial charge is 0.382 e. The summed E-state index contributed by atoms with van der Waals surface area (Å²) in [6, 6.07) is 10.5. The van der Waals surface area contributed by atoms with Gasteiger partial charge in [0.1, 0.15) is 0 Å². The van der Waals surface area contributed by atoms with E-state index in [0.717, 1.165) is 25.5 Å². The molecule has 20 heavy (non-hydrogen) atoms. The Morgan fingerprint density at radius 2 is 1.95 bits per heavy atom. The average Bonchev–Trinajstić information content (AvgIpc) is 2.99. The molecular weight excluding hydrogens is 334 g/mol. The summed E-state index contributed by atoms with van der Waals surface area (Å²) in [6.07, 6.45) is 0. The van der Waals surface area contributed by atoms with Crippen molar-refractivity contribution in [3.8, 4) is 21.7 Å². The maximum absolute atomic E-state index is 6.06. The molecular formula is C15H14BrN3S. The molecule has 102 valence electrons. The van der Waals surface area contributed by atoms with Crippen LogP contribution < -0.4 is 5.73 Å². The number of nitrogens with two attached hydrogens (primary N) is 1. The number of benzene rings is 1. The van der Waals surface area contributed by atoms with Crippen LogP contribution in [-0.4, -0.2) is 10.2 Å². The van der Waals surface area contributed by atoms with Crippen molar-refractivity contribution in [1.82, 2.24) is 10.2 Å². The van der Waals surface area contributed by atoms with Gasteiger partial charge >= 0.3 is 0 Å². The van der Waals surface area contributed by atoms with Gasteiger partial charge in [-0.2, -0.15) is 5.10 Å². The van der Waals surface area contributed by atoms with E-state index in [1.165, 1.54) is 11.1 Å². The Kier molecular flexibility index (Phi) is 3.40. The lowest BCUT2D eigenvalue weighted by molar-refractivity contribution is 1.11. The zero-order valence-corrected chi connectivity index (χ0v) is 13.6. The van der Waals surface area contributed by atoms with Gasteiger partial charge in [0.2, 0.25) is 0 Å². The first kappa shape index (κ1) is 13.4. The van der Waals surface area contributed by atoms with Gasteiger partial charge in [0.15, 0.2) is 5.82 Å². The quantitative estimate of drug-likeness (QED) is 0.701. The van der Waals surface area contributed by atoms with Gasteiger partial charge in [0.05, 0.1) is 19.9 Å². The van der Waals surface area contributed by atoms with Gasteiger partial charge in [-0.15, -0.1) is 11.3 Å². The molecule has 0 bridgehead atoms. The number of halogens is 1. The molecule has 0 amide bonds. The van der Waals surface area contributed by atoms with E-state index < -0.39 is 0 Å². The third-order valence-electron chi connectivity index (χ3n) is 3.41. The number of H-pyrrole nitrogens is 1. The first-order valence-electron chi connectivity index (χ1n) is 6.23. The molecule has 0 saturated carbocycles. The molecule has 3 nitrogen and oxygen atoms in total. The van der Waals surface area contributed by atoms with E-state index >= 15 is 0 Å². The Hall–Kier alpha value is -1.59. The van der Waals surface area contributed by atoms with E-state index in [0.29, 0.717) is 5.82 Å². The van der Waals surface area contributed by atoms with Crippen LogP contribution in [0.4, 0.5) is 5.82 Å². The molecule has 0 saturated heterocycles. The molecule has 0 unspecified atom stereocenters. The third-order valence-corrected chi connectivity index (χ3v) is 5.05. The van der Waals surface area contributed by atoms with Crippen LogP contribution >= 0.6 is 27.3 Å². The van der Waals surface area contributed by atoms with Crippen molar-refractivity contribution in [2.24, 2.45) is 0 Å². The van der Waals surface area contributed by atoms with Crippen LogP contribution in [0.3, 0.4) is 0 Å². The van der Waals surface area contributed by atoms with Gasteiger partial charge in [-0.25, -0.2) is 0 Å². The van der Waals surface area contributed by atoms with Gasteiger partial charge in [-0.3, -0.25) is 5.10 Å². The van der Waals surface area contributed by atoms with Gasteiger partial charge in [0.25, 0.3) is 0 Å². The monoisotopic (exact) mass is 347 g/mol. The summed E-state index contributed by atoms with van der Waals surface area (Å²) in [5.74, 6) is 0.535. The fourth-order valence-corrected chi connectivity index (χ4v) is 3.56. The van der Waals surface area contributed by atoms with E-state index in [1.54, 1.807) is 11.3 Å². The summed E-state index contributed by atoms with van der Waals surface area (Å²) in [6.45, 7) is 4.21. The Morgan fingerprint density at radius 1 is 1.15 bits per heavy atom. The summed E-state index contributed by atoms with van der Waals surface area (Å²) in [7, 11) is 0. The molecule has 0 atom stereocenters. The lowest BCUT2D eigenvalue weighted by Crippen LogP contribution is -1.90. The molecule has 0 spiro atoms. The first-order chi connectivity index (χ1) is 9.56. The Labute approximate surface area is 130 Å². The number of nitrogen functional groups attached to an aromatic ring is 1. The number of aromatic nitrogens is 2. The molecule has 5 heteroatoms. The summed E-state index contributed by atoms with van der Waals surface area (Å²) in [5, 5.41) is 7.23. The van der Waals surface area contributed by atoms with Gasteiger partial charge in [-0.1, -0.05) is 18.2 Å². The predicted octanol–water partition coefficient (Wildman–Crippen LogP) is 4.77. The highest BCUT2D eigenvalue weighted by Crippen LogP contribution is 2.39. The van der Waals surface area contributed by atoms with Crippen LogP contribution in [0, 0.1) is 13.8 Å². The Bertz CT molecular complexity index is 773. The summed E-state index contributed by atoms with van der Waals surface area (Å²) < 4.78 is 1.09. The van der Waals surface area contributed by atoms with Gasteiger partial charge in [-0.05, 0) is 58.6 Å². The van der Waals surface area contributed by atoms with Crippen molar-refractivity contribution in [3.05, 3.63) is 45.2 Å². The molecule has 0 fully saturated rings. The third kappa shape index (κ3) is 2.27. The normalized spacial score (nSPS) is 10.9. The minimum atomic E-state index is 0.535. The molecule has 3 rings (SSSR count). The van der Waals surface area contributed by atoms with Gasteiger partial charge in [0, 0.05) is 0 Å². The number of anilines is 1. The SMILES string of the molecule is Cc1ccc(-c2c(N)n[nH]c2-c2ccc(Br)s2)cc1C. The fraction of sp³-hybridized carbons (Fsp3) is 0.133. The van der Waals surface area contributed by atoms with Crippen molar-refractivity contribution >= 4 is 33.1 Å². The van der Waals surface area contributed by atoms with Crippen molar-refractivity contribution < 1.29 is 0 Å². The summed E-state index contributed by atoms with van der Waals surface area (Å²) in [4.78, 5) is 1.12. The van der Waals surface area contributed by atoms with E-state index in [-0.39, 0.29) is 0 Å². The van der Waals surface area contributed by atoms with Crippen LogP contribution in [0.1, 0.15) is 11.1 Å². The highest BCUT2D eigenvalue weighted by Gasteiger charge is 2.16. The number of aryl methyl sites for hydroxylation is 2. The topological polar surface area (TPSA) is 54.7 Å². The zero-order valence-electron chi connectivity index (χ0n) is 11.2.